The molecule has 0 aromatic heterocycles. The molecule has 3 rings (SSSR count). The Hall–Kier alpha value is -1.49. The van der Waals surface area contributed by atoms with Crippen LogP contribution in [0.15, 0.2) is 91.0 Å². The molecule has 10 heteroatoms. The average Bonchev–Trinajstić information content (AvgIpc) is 2.63. The SMILES string of the molecule is O=S(=O)(O)P(c1ccccc1)(c1ccccc1)(c1ccccc1)S(=O)(=O)O.[LiH]. The average molecular weight is 432 g/mol. The van der Waals surface area contributed by atoms with Crippen molar-refractivity contribution < 1.29 is 25.9 Å². The summed E-state index contributed by atoms with van der Waals surface area (Å²) in [5, 5.41) is -6.46. The first-order valence-electron chi connectivity index (χ1n) is 7.80. The molecule has 0 saturated carbocycles. The van der Waals surface area contributed by atoms with Gasteiger partial charge in [-0.2, -0.15) is 0 Å². The summed E-state index contributed by atoms with van der Waals surface area (Å²) in [7, 11) is -10.8. The van der Waals surface area contributed by atoms with Crippen molar-refractivity contribution in [2.45, 2.75) is 0 Å². The molecule has 0 radical (unpaired) electrons. The molecule has 0 aliphatic carbocycles. The summed E-state index contributed by atoms with van der Waals surface area (Å²) < 4.78 is 73.5. The second-order valence-electron chi connectivity index (χ2n) is 5.86. The Bertz CT molecular complexity index is 1030. The van der Waals surface area contributed by atoms with E-state index >= 15 is 0 Å². The number of hydrogen-bond donors (Lipinski definition) is 2. The van der Waals surface area contributed by atoms with Crippen molar-refractivity contribution >= 4 is 59.3 Å². The molecular weight excluding hydrogens is 414 g/mol. The zero-order valence-electron chi connectivity index (χ0n) is 14.0. The molecule has 0 aliphatic rings. The van der Waals surface area contributed by atoms with Crippen molar-refractivity contribution in [3.05, 3.63) is 91.0 Å². The van der Waals surface area contributed by atoms with E-state index in [4.69, 9.17) is 0 Å². The van der Waals surface area contributed by atoms with E-state index < -0.39 is 24.5 Å². The third-order valence-electron chi connectivity index (χ3n) is 4.56. The maximum absolute atomic E-state index is 13.1. The molecule has 0 amide bonds. The van der Waals surface area contributed by atoms with Crippen molar-refractivity contribution in [2.75, 3.05) is 0 Å². The van der Waals surface area contributed by atoms with E-state index in [1.54, 1.807) is 18.2 Å². The Kier molecular flexibility index (Phi) is 6.30. The van der Waals surface area contributed by atoms with Crippen molar-refractivity contribution in [2.24, 2.45) is 0 Å². The van der Waals surface area contributed by atoms with Gasteiger partial charge in [0.1, 0.15) is 0 Å². The fraction of sp³-hybridized carbons (Fsp3) is 0. The van der Waals surface area contributed by atoms with E-state index in [1.165, 1.54) is 72.8 Å². The van der Waals surface area contributed by atoms with E-state index in [9.17, 15) is 25.9 Å². The van der Waals surface area contributed by atoms with Crippen LogP contribution < -0.4 is 15.9 Å². The van der Waals surface area contributed by atoms with Gasteiger partial charge in [-0.05, 0) is 0 Å². The minimum absolute atomic E-state index is 0. The Labute approximate surface area is 175 Å². The molecule has 0 heterocycles. The summed E-state index contributed by atoms with van der Waals surface area (Å²) in [5.41, 5.74) is 0. The van der Waals surface area contributed by atoms with E-state index in [2.05, 4.69) is 0 Å². The Balaban J connectivity index is 0.00000280. The third kappa shape index (κ3) is 2.72. The normalized spacial score (nSPS) is 13.7. The second kappa shape index (κ2) is 7.73. The summed E-state index contributed by atoms with van der Waals surface area (Å²) in [6.07, 6.45) is 0. The Morgan fingerprint density at radius 3 is 0.893 bits per heavy atom. The summed E-state index contributed by atoms with van der Waals surface area (Å²) >= 11 is 0. The van der Waals surface area contributed by atoms with Gasteiger partial charge in [0.2, 0.25) is 0 Å². The topological polar surface area (TPSA) is 109 Å². The molecule has 0 atom stereocenters. The molecule has 2 N–H and O–H groups in total. The van der Waals surface area contributed by atoms with Crippen molar-refractivity contribution in [3.63, 3.8) is 0 Å². The molecule has 0 unspecified atom stereocenters. The monoisotopic (exact) mass is 432 g/mol. The quantitative estimate of drug-likeness (QED) is 0.359. The molecule has 0 bridgehead atoms. The van der Waals surface area contributed by atoms with Crippen molar-refractivity contribution in [3.8, 4) is 0 Å². The molecule has 3 aromatic rings. The van der Waals surface area contributed by atoms with Crippen LogP contribution in [0.1, 0.15) is 0 Å². The van der Waals surface area contributed by atoms with Gasteiger partial charge < -0.3 is 0 Å². The summed E-state index contributed by atoms with van der Waals surface area (Å²) in [4.78, 5) is 0. The molecule has 28 heavy (non-hydrogen) atoms. The summed E-state index contributed by atoms with van der Waals surface area (Å²) in [5.74, 6) is 0. The van der Waals surface area contributed by atoms with E-state index in [0.717, 1.165) is 0 Å². The fourth-order valence-electron chi connectivity index (χ4n) is 3.46. The molecular formula is C18H18LiO6PS2. The zero-order valence-corrected chi connectivity index (χ0v) is 16.5. The first-order valence-corrected chi connectivity index (χ1v) is 14.1. The molecule has 0 fully saturated rings. The number of hydrogen-bond acceptors (Lipinski definition) is 4. The second-order valence-corrected chi connectivity index (χ2v) is 19.0. The van der Waals surface area contributed by atoms with Crippen LogP contribution in [-0.4, -0.2) is 44.8 Å². The van der Waals surface area contributed by atoms with Crippen LogP contribution in [0.3, 0.4) is 0 Å². The van der Waals surface area contributed by atoms with Crippen molar-refractivity contribution in [1.29, 1.82) is 0 Å². The molecule has 144 valence electrons. The fourth-order valence-corrected chi connectivity index (χ4v) is 18.2. The van der Waals surface area contributed by atoms with Crippen LogP contribution in [-0.2, 0) is 19.5 Å². The number of benzene rings is 3. The predicted molar refractivity (Wildman–Crippen MR) is 115 cm³/mol. The van der Waals surface area contributed by atoms with Crippen LogP contribution in [0.5, 0.6) is 0 Å². The molecule has 0 aliphatic heterocycles. The van der Waals surface area contributed by atoms with Crippen LogP contribution in [0, 0.1) is 0 Å². The van der Waals surface area contributed by atoms with Gasteiger partial charge in [0.25, 0.3) is 0 Å². The Morgan fingerprint density at radius 1 is 0.500 bits per heavy atom. The molecule has 0 saturated heterocycles. The maximum atomic E-state index is 13.1. The predicted octanol–water partition coefficient (Wildman–Crippen LogP) is 1.47. The van der Waals surface area contributed by atoms with Crippen LogP contribution in [0.2, 0.25) is 0 Å². The van der Waals surface area contributed by atoms with E-state index in [0.29, 0.717) is 0 Å². The van der Waals surface area contributed by atoms with Gasteiger partial charge in [0.05, 0.1) is 0 Å². The van der Waals surface area contributed by atoms with E-state index in [1.807, 2.05) is 0 Å². The van der Waals surface area contributed by atoms with Crippen LogP contribution in [0.4, 0.5) is 0 Å². The van der Waals surface area contributed by atoms with E-state index in [-0.39, 0.29) is 34.8 Å². The van der Waals surface area contributed by atoms with Gasteiger partial charge in [-0.1, -0.05) is 0 Å². The molecule has 3 aromatic carbocycles. The summed E-state index contributed by atoms with van der Waals surface area (Å²) in [6.45, 7) is 0. The van der Waals surface area contributed by atoms with Gasteiger partial charge in [0, 0.05) is 0 Å². The third-order valence-corrected chi connectivity index (χ3v) is 22.5. The van der Waals surface area contributed by atoms with Crippen LogP contribution in [0.25, 0.3) is 0 Å². The molecule has 6 nitrogen and oxygen atoms in total. The first kappa shape index (κ1) is 22.8. The van der Waals surface area contributed by atoms with Crippen LogP contribution >= 0.6 is 5.01 Å². The van der Waals surface area contributed by atoms with Crippen molar-refractivity contribution in [1.82, 2.24) is 0 Å². The molecule has 0 spiro atoms. The standard InChI is InChI=1S/C18H17O6PS2.Li.H/c19-26(20,21)25(27(22,23)24,16-10-4-1-5-11-16,17-12-6-2-7-13-17)18-14-8-3-9-15-18;;/h1-15H,(H,19,20,21)(H,22,23,24);;. The van der Waals surface area contributed by atoms with Gasteiger partial charge in [-0.15, -0.1) is 0 Å². The van der Waals surface area contributed by atoms with Gasteiger partial charge in [-0.25, -0.2) is 0 Å². The van der Waals surface area contributed by atoms with Gasteiger partial charge in [-0.3, -0.25) is 0 Å². The number of rotatable bonds is 5. The minimum atomic E-state index is -5.85. The van der Waals surface area contributed by atoms with Gasteiger partial charge >= 0.3 is 176 Å². The van der Waals surface area contributed by atoms with Gasteiger partial charge in [0.15, 0.2) is 0 Å². The summed E-state index contributed by atoms with van der Waals surface area (Å²) in [6, 6.07) is 21.2. The zero-order chi connectivity index (χ0) is 19.8. The first-order chi connectivity index (χ1) is 12.7. The Morgan fingerprint density at radius 2 is 0.714 bits per heavy atom.